The van der Waals surface area contributed by atoms with Crippen LogP contribution < -0.4 is 10.6 Å². The summed E-state index contributed by atoms with van der Waals surface area (Å²) in [6.07, 6.45) is 4.45. The van der Waals surface area contributed by atoms with E-state index in [9.17, 15) is 4.79 Å². The van der Waals surface area contributed by atoms with Crippen LogP contribution in [0, 0.1) is 23.7 Å². The third kappa shape index (κ3) is 5.04. The van der Waals surface area contributed by atoms with Crippen LogP contribution in [-0.4, -0.2) is 54.1 Å². The molecule has 2 N–H and O–H groups in total. The molecule has 34 heavy (non-hydrogen) atoms. The molecule has 3 heterocycles. The number of ether oxygens (including phenoxy) is 1. The van der Waals surface area contributed by atoms with Gasteiger partial charge < -0.3 is 15.4 Å². The Kier molecular flexibility index (Phi) is 6.43. The van der Waals surface area contributed by atoms with Gasteiger partial charge in [-0.1, -0.05) is 30.9 Å². The van der Waals surface area contributed by atoms with Gasteiger partial charge in [0.15, 0.2) is 0 Å². The first kappa shape index (κ1) is 22.3. The third-order valence-electron chi connectivity index (χ3n) is 6.51. The molecule has 0 unspecified atom stereocenters. The van der Waals surface area contributed by atoms with Crippen LogP contribution in [0.2, 0.25) is 0 Å². The molecule has 7 heteroatoms. The Hall–Kier alpha value is -3.47. The quantitative estimate of drug-likeness (QED) is 0.574. The van der Waals surface area contributed by atoms with E-state index in [4.69, 9.17) is 4.74 Å². The minimum atomic E-state index is 0.0343. The number of hydrogen-bond acceptors (Lipinski definition) is 6. The van der Waals surface area contributed by atoms with Gasteiger partial charge in [0.25, 0.3) is 0 Å². The molecule has 174 valence electrons. The van der Waals surface area contributed by atoms with Crippen molar-refractivity contribution in [2.45, 2.75) is 19.9 Å². The zero-order valence-electron chi connectivity index (χ0n) is 19.6. The molecule has 1 aliphatic heterocycles. The maximum absolute atomic E-state index is 12.4. The Morgan fingerprint density at radius 2 is 1.88 bits per heavy atom. The molecule has 1 saturated heterocycles. The Bertz CT molecular complexity index is 1260. The Balaban J connectivity index is 1.37. The van der Waals surface area contributed by atoms with E-state index < -0.39 is 0 Å². The lowest BCUT2D eigenvalue weighted by Gasteiger charge is -2.26. The van der Waals surface area contributed by atoms with Crippen molar-refractivity contribution in [3.8, 4) is 11.8 Å². The number of benzene rings is 1. The van der Waals surface area contributed by atoms with Crippen molar-refractivity contribution in [3.63, 3.8) is 0 Å². The average Bonchev–Trinajstić information content (AvgIpc) is 3.60. The molecular weight excluding hydrogens is 426 g/mol. The van der Waals surface area contributed by atoms with Crippen molar-refractivity contribution < 1.29 is 9.53 Å². The second-order valence-electron chi connectivity index (χ2n) is 9.03. The molecule has 0 spiro atoms. The molecule has 0 radical (unpaired) electrons. The number of carbonyl (C=O) groups is 1. The van der Waals surface area contributed by atoms with Crippen molar-refractivity contribution in [2.24, 2.45) is 11.8 Å². The molecule has 2 fully saturated rings. The lowest BCUT2D eigenvalue weighted by Crippen LogP contribution is -2.35. The monoisotopic (exact) mass is 455 g/mol. The van der Waals surface area contributed by atoms with Gasteiger partial charge in [-0.3, -0.25) is 9.69 Å². The molecule has 5 rings (SSSR count). The van der Waals surface area contributed by atoms with Crippen molar-refractivity contribution in [1.82, 2.24) is 14.9 Å². The molecule has 2 atom stereocenters. The Labute approximate surface area is 199 Å². The van der Waals surface area contributed by atoms with Crippen molar-refractivity contribution in [1.29, 1.82) is 0 Å². The Morgan fingerprint density at radius 3 is 2.59 bits per heavy atom. The summed E-state index contributed by atoms with van der Waals surface area (Å²) in [5.74, 6) is 8.38. The fourth-order valence-corrected chi connectivity index (χ4v) is 4.26. The first-order valence-corrected chi connectivity index (χ1v) is 11.8. The van der Waals surface area contributed by atoms with Crippen LogP contribution in [0.4, 0.5) is 11.6 Å². The fourth-order valence-electron chi connectivity index (χ4n) is 4.26. The zero-order chi connectivity index (χ0) is 23.5. The van der Waals surface area contributed by atoms with Crippen molar-refractivity contribution in [3.05, 3.63) is 59.4 Å². The highest BCUT2D eigenvalue weighted by atomic mass is 16.5. The fraction of sp³-hybridized carbons (Fsp3) is 0.370. The van der Waals surface area contributed by atoms with Crippen molar-refractivity contribution in [2.75, 3.05) is 44.0 Å². The molecule has 7 nitrogen and oxygen atoms in total. The van der Waals surface area contributed by atoms with E-state index >= 15 is 0 Å². The van der Waals surface area contributed by atoms with Crippen LogP contribution in [0.15, 0.2) is 42.7 Å². The summed E-state index contributed by atoms with van der Waals surface area (Å²) in [6.45, 7) is 6.57. The maximum Gasteiger partial charge on any atom is 0.228 e. The first-order chi connectivity index (χ1) is 16.6. The number of pyridine rings is 2. The van der Waals surface area contributed by atoms with Gasteiger partial charge in [0.05, 0.1) is 18.8 Å². The summed E-state index contributed by atoms with van der Waals surface area (Å²) < 4.78 is 5.43. The summed E-state index contributed by atoms with van der Waals surface area (Å²) in [6, 6.07) is 10.3. The number of anilines is 2. The van der Waals surface area contributed by atoms with Crippen LogP contribution >= 0.6 is 0 Å². The maximum atomic E-state index is 12.4. The molecule has 2 aliphatic rings. The molecule has 1 aromatic carbocycles. The van der Waals surface area contributed by atoms with E-state index in [1.807, 2.05) is 13.1 Å². The predicted molar refractivity (Wildman–Crippen MR) is 134 cm³/mol. The molecular formula is C27H29N5O2. The SMILES string of the molecule is CNc1ncc(C#Cc2ccc(CN3CCOCC3)cc2)c2cc(NC(=O)[C@H]3C[C@H]3C)ncc12. The number of nitrogens with zero attached hydrogens (tertiary/aromatic N) is 3. The van der Waals surface area contributed by atoms with Crippen LogP contribution in [-0.2, 0) is 16.1 Å². The average molecular weight is 456 g/mol. The van der Waals surface area contributed by atoms with Crippen LogP contribution in [0.25, 0.3) is 10.8 Å². The number of fused-ring (bicyclic) bond motifs is 1. The van der Waals surface area contributed by atoms with Gasteiger partial charge in [0, 0.05) is 61.3 Å². The van der Waals surface area contributed by atoms with Crippen LogP contribution in [0.3, 0.4) is 0 Å². The van der Waals surface area contributed by atoms with E-state index in [2.05, 4.69) is 68.5 Å². The first-order valence-electron chi connectivity index (χ1n) is 11.8. The van der Waals surface area contributed by atoms with E-state index in [0.717, 1.165) is 67.0 Å². The Morgan fingerprint density at radius 1 is 1.12 bits per heavy atom. The molecule has 3 aromatic rings. The normalized spacial score (nSPS) is 19.8. The minimum Gasteiger partial charge on any atom is -0.379 e. The number of morpholine rings is 1. The minimum absolute atomic E-state index is 0.0343. The summed E-state index contributed by atoms with van der Waals surface area (Å²) in [5.41, 5.74) is 3.01. The van der Waals surface area contributed by atoms with Crippen LogP contribution in [0.1, 0.15) is 30.0 Å². The van der Waals surface area contributed by atoms with Crippen LogP contribution in [0.5, 0.6) is 0 Å². The van der Waals surface area contributed by atoms with Gasteiger partial charge in [0.2, 0.25) is 5.91 Å². The third-order valence-corrected chi connectivity index (χ3v) is 6.51. The highest BCUT2D eigenvalue weighted by Gasteiger charge is 2.39. The summed E-state index contributed by atoms with van der Waals surface area (Å²) in [7, 11) is 1.83. The predicted octanol–water partition coefficient (Wildman–Crippen LogP) is 3.50. The van der Waals surface area contributed by atoms with Gasteiger partial charge >= 0.3 is 0 Å². The smallest absolute Gasteiger partial charge is 0.228 e. The molecule has 1 saturated carbocycles. The summed E-state index contributed by atoms with van der Waals surface area (Å²) in [4.78, 5) is 23.7. The lowest BCUT2D eigenvalue weighted by atomic mass is 10.1. The molecule has 1 aliphatic carbocycles. The van der Waals surface area contributed by atoms with Gasteiger partial charge in [-0.2, -0.15) is 0 Å². The van der Waals surface area contributed by atoms with E-state index in [-0.39, 0.29) is 11.8 Å². The number of amides is 1. The summed E-state index contributed by atoms with van der Waals surface area (Å²) in [5, 5.41) is 7.84. The van der Waals surface area contributed by atoms with E-state index in [0.29, 0.717) is 11.7 Å². The summed E-state index contributed by atoms with van der Waals surface area (Å²) >= 11 is 0. The van der Waals surface area contributed by atoms with Gasteiger partial charge in [-0.25, -0.2) is 9.97 Å². The molecule has 0 bridgehead atoms. The molecule has 1 amide bonds. The van der Waals surface area contributed by atoms with E-state index in [1.54, 1.807) is 12.4 Å². The van der Waals surface area contributed by atoms with Gasteiger partial charge in [-0.15, -0.1) is 0 Å². The number of carbonyl (C=O) groups excluding carboxylic acids is 1. The second-order valence-corrected chi connectivity index (χ2v) is 9.03. The largest absolute Gasteiger partial charge is 0.379 e. The van der Waals surface area contributed by atoms with E-state index in [1.165, 1.54) is 5.56 Å². The number of rotatable bonds is 5. The lowest BCUT2D eigenvalue weighted by molar-refractivity contribution is -0.117. The number of aromatic nitrogens is 2. The highest BCUT2D eigenvalue weighted by Crippen LogP contribution is 2.38. The topological polar surface area (TPSA) is 79.4 Å². The van der Waals surface area contributed by atoms with Gasteiger partial charge in [0.1, 0.15) is 11.6 Å². The standard InChI is InChI=1S/C27H29N5O2/c1-18-13-22(18)27(33)31-25-14-23-21(15-30-26(28-2)24(23)16-29-25)8-7-19-3-5-20(6-4-19)17-32-9-11-34-12-10-32/h3-6,14-16,18,22H,9-13,17H2,1-2H3,(H,28,30)(H,29,31,33)/t18-,22+/m1/s1. The van der Waals surface area contributed by atoms with Gasteiger partial charge in [-0.05, 0) is 36.1 Å². The number of nitrogens with one attached hydrogen (secondary N) is 2. The highest BCUT2D eigenvalue weighted by molar-refractivity contribution is 5.99. The number of hydrogen-bond donors (Lipinski definition) is 2. The van der Waals surface area contributed by atoms with Crippen molar-refractivity contribution >= 4 is 28.3 Å². The second kappa shape index (κ2) is 9.80. The zero-order valence-corrected chi connectivity index (χ0v) is 19.6. The molecule has 2 aromatic heterocycles.